The first-order valence-electron chi connectivity index (χ1n) is 6.04. The summed E-state index contributed by atoms with van der Waals surface area (Å²) in [6, 6.07) is 7.20. The quantitative estimate of drug-likeness (QED) is 0.489. The lowest BCUT2D eigenvalue weighted by molar-refractivity contribution is -0.137. The number of aryl methyl sites for hydroxylation is 1. The number of aliphatic carboxylic acids is 1. The summed E-state index contributed by atoms with van der Waals surface area (Å²) in [7, 11) is 0. The molecule has 1 rings (SSSR count). The van der Waals surface area contributed by atoms with Crippen molar-refractivity contribution in [2.75, 3.05) is 18.4 Å². The van der Waals surface area contributed by atoms with Crippen LogP contribution in [0.1, 0.15) is 12.0 Å². The van der Waals surface area contributed by atoms with Gasteiger partial charge in [-0.15, -0.1) is 6.58 Å². The van der Waals surface area contributed by atoms with Gasteiger partial charge in [-0.1, -0.05) is 18.2 Å². The molecule has 0 radical (unpaired) electrons. The summed E-state index contributed by atoms with van der Waals surface area (Å²) in [5.41, 5.74) is 1.56. The Labute approximate surface area is 112 Å². The van der Waals surface area contributed by atoms with Crippen molar-refractivity contribution in [3.63, 3.8) is 0 Å². The number of amides is 1. The third-order valence-electron chi connectivity index (χ3n) is 2.41. The molecule has 3 N–H and O–H groups in total. The molecule has 0 fully saturated rings. The predicted molar refractivity (Wildman–Crippen MR) is 74.1 cm³/mol. The zero-order valence-corrected chi connectivity index (χ0v) is 10.7. The summed E-state index contributed by atoms with van der Waals surface area (Å²) in [6.07, 6.45) is 2.21. The van der Waals surface area contributed by atoms with E-state index in [4.69, 9.17) is 5.11 Å². The maximum atomic E-state index is 11.6. The van der Waals surface area contributed by atoms with Crippen LogP contribution in [0.2, 0.25) is 0 Å². The van der Waals surface area contributed by atoms with E-state index in [9.17, 15) is 9.59 Å². The first-order chi connectivity index (χ1) is 9.11. The van der Waals surface area contributed by atoms with E-state index < -0.39 is 5.97 Å². The van der Waals surface area contributed by atoms with Gasteiger partial charge in [0.25, 0.3) is 0 Å². The van der Waals surface area contributed by atoms with Gasteiger partial charge in [-0.2, -0.15) is 0 Å². The highest BCUT2D eigenvalue weighted by Gasteiger charge is 2.03. The zero-order valence-electron chi connectivity index (χ0n) is 10.7. The van der Waals surface area contributed by atoms with Crippen LogP contribution in [0.3, 0.4) is 0 Å². The molecule has 0 aliphatic carbocycles. The highest BCUT2D eigenvalue weighted by molar-refractivity contribution is 5.92. The summed E-state index contributed by atoms with van der Waals surface area (Å²) in [5, 5.41) is 14.3. The molecule has 0 spiro atoms. The Kier molecular flexibility index (Phi) is 6.32. The second-order valence-corrected chi connectivity index (χ2v) is 4.06. The maximum Gasteiger partial charge on any atom is 0.303 e. The number of carbonyl (C=O) groups excluding carboxylic acids is 1. The van der Waals surface area contributed by atoms with Gasteiger partial charge in [0.1, 0.15) is 0 Å². The smallest absolute Gasteiger partial charge is 0.303 e. The molecular weight excluding hydrogens is 244 g/mol. The number of carboxylic acids is 1. The molecule has 0 heterocycles. The predicted octanol–water partition coefficient (Wildman–Crippen LogP) is 1.42. The van der Waals surface area contributed by atoms with Crippen LogP contribution in [-0.4, -0.2) is 30.1 Å². The van der Waals surface area contributed by atoms with Crippen molar-refractivity contribution < 1.29 is 14.7 Å². The van der Waals surface area contributed by atoms with E-state index in [1.807, 2.05) is 6.07 Å². The minimum absolute atomic E-state index is 0.0816. The number of hydrogen-bond donors (Lipinski definition) is 3. The molecule has 1 amide bonds. The Balaban J connectivity index is 2.49. The largest absolute Gasteiger partial charge is 0.481 e. The topological polar surface area (TPSA) is 78.4 Å². The Morgan fingerprint density at radius 3 is 2.84 bits per heavy atom. The lowest BCUT2D eigenvalue weighted by Gasteiger charge is -2.07. The first-order valence-corrected chi connectivity index (χ1v) is 6.04. The van der Waals surface area contributed by atoms with E-state index in [0.717, 1.165) is 5.56 Å². The molecular formula is C14H18N2O3. The number of hydrogen-bond acceptors (Lipinski definition) is 3. The minimum atomic E-state index is -0.830. The van der Waals surface area contributed by atoms with Crippen molar-refractivity contribution in [3.8, 4) is 0 Å². The SMILES string of the molecule is C=CCNCC(=O)Nc1cccc(CCC(=O)O)c1. The molecule has 19 heavy (non-hydrogen) atoms. The fraction of sp³-hybridized carbons (Fsp3) is 0.286. The highest BCUT2D eigenvalue weighted by Crippen LogP contribution is 2.12. The average molecular weight is 262 g/mol. The molecule has 5 nitrogen and oxygen atoms in total. The number of carboxylic acid groups (broad SMARTS) is 1. The Bertz CT molecular complexity index is 458. The molecule has 1 aromatic rings. The maximum absolute atomic E-state index is 11.6. The molecule has 5 heteroatoms. The molecule has 102 valence electrons. The fourth-order valence-electron chi connectivity index (χ4n) is 1.55. The number of rotatable bonds is 8. The van der Waals surface area contributed by atoms with E-state index in [1.54, 1.807) is 24.3 Å². The van der Waals surface area contributed by atoms with Crippen LogP contribution in [0.4, 0.5) is 5.69 Å². The summed E-state index contributed by atoms with van der Waals surface area (Å²) in [4.78, 5) is 22.1. The Morgan fingerprint density at radius 1 is 1.37 bits per heavy atom. The molecule has 0 aliphatic rings. The van der Waals surface area contributed by atoms with Crippen molar-refractivity contribution in [1.29, 1.82) is 0 Å². The normalized spacial score (nSPS) is 9.89. The van der Waals surface area contributed by atoms with Crippen LogP contribution in [0.5, 0.6) is 0 Å². The lowest BCUT2D eigenvalue weighted by atomic mass is 10.1. The summed E-state index contributed by atoms with van der Waals surface area (Å²) in [6.45, 7) is 4.33. The third-order valence-corrected chi connectivity index (χ3v) is 2.41. The van der Waals surface area contributed by atoms with E-state index in [-0.39, 0.29) is 18.9 Å². The minimum Gasteiger partial charge on any atom is -0.481 e. The fourth-order valence-corrected chi connectivity index (χ4v) is 1.55. The van der Waals surface area contributed by atoms with Crippen molar-refractivity contribution in [2.45, 2.75) is 12.8 Å². The monoisotopic (exact) mass is 262 g/mol. The summed E-state index contributed by atoms with van der Waals surface area (Å²) < 4.78 is 0. The van der Waals surface area contributed by atoms with Crippen molar-refractivity contribution in [3.05, 3.63) is 42.5 Å². The highest BCUT2D eigenvalue weighted by atomic mass is 16.4. The van der Waals surface area contributed by atoms with Crippen molar-refractivity contribution in [1.82, 2.24) is 5.32 Å². The molecule has 0 saturated heterocycles. The summed E-state index contributed by atoms with van der Waals surface area (Å²) >= 11 is 0. The number of anilines is 1. The van der Waals surface area contributed by atoms with E-state index in [2.05, 4.69) is 17.2 Å². The van der Waals surface area contributed by atoms with Crippen LogP contribution < -0.4 is 10.6 Å². The van der Waals surface area contributed by atoms with Crippen LogP contribution in [0, 0.1) is 0 Å². The first kappa shape index (κ1) is 14.9. The second kappa shape index (κ2) is 8.05. The number of nitrogens with one attached hydrogen (secondary N) is 2. The van der Waals surface area contributed by atoms with Crippen LogP contribution in [0.25, 0.3) is 0 Å². The Morgan fingerprint density at radius 2 is 2.16 bits per heavy atom. The van der Waals surface area contributed by atoms with Crippen molar-refractivity contribution >= 4 is 17.6 Å². The summed E-state index contributed by atoms with van der Waals surface area (Å²) in [5.74, 6) is -0.972. The molecule has 1 aromatic carbocycles. The van der Waals surface area contributed by atoms with Gasteiger partial charge in [0.05, 0.1) is 6.54 Å². The number of carbonyl (C=O) groups is 2. The number of benzene rings is 1. The molecule has 0 unspecified atom stereocenters. The van der Waals surface area contributed by atoms with Gasteiger partial charge in [-0.3, -0.25) is 9.59 Å². The molecule has 0 atom stereocenters. The molecule has 0 bridgehead atoms. The van der Waals surface area contributed by atoms with Crippen LogP contribution in [-0.2, 0) is 16.0 Å². The van der Waals surface area contributed by atoms with Gasteiger partial charge >= 0.3 is 5.97 Å². The third kappa shape index (κ3) is 6.38. The lowest BCUT2D eigenvalue weighted by Crippen LogP contribution is -2.28. The second-order valence-electron chi connectivity index (χ2n) is 4.06. The van der Waals surface area contributed by atoms with Gasteiger partial charge in [-0.05, 0) is 24.1 Å². The van der Waals surface area contributed by atoms with E-state index in [0.29, 0.717) is 18.7 Å². The van der Waals surface area contributed by atoms with Gasteiger partial charge in [-0.25, -0.2) is 0 Å². The van der Waals surface area contributed by atoms with Crippen molar-refractivity contribution in [2.24, 2.45) is 0 Å². The standard InChI is InChI=1S/C14H18N2O3/c1-2-8-15-10-13(17)16-12-5-3-4-11(9-12)6-7-14(18)19/h2-5,9,15H,1,6-8,10H2,(H,16,17)(H,18,19). The van der Waals surface area contributed by atoms with Crippen LogP contribution >= 0.6 is 0 Å². The molecule has 0 aliphatic heterocycles. The molecule has 0 aromatic heterocycles. The van der Waals surface area contributed by atoms with E-state index in [1.165, 1.54) is 0 Å². The Hall–Kier alpha value is -2.14. The van der Waals surface area contributed by atoms with E-state index >= 15 is 0 Å². The van der Waals surface area contributed by atoms with Gasteiger partial charge < -0.3 is 15.7 Å². The van der Waals surface area contributed by atoms with Gasteiger partial charge in [0, 0.05) is 18.7 Å². The van der Waals surface area contributed by atoms with Gasteiger partial charge in [0.15, 0.2) is 0 Å². The molecule has 0 saturated carbocycles. The average Bonchev–Trinajstić information content (AvgIpc) is 2.37. The zero-order chi connectivity index (χ0) is 14.1. The van der Waals surface area contributed by atoms with Crippen LogP contribution in [0.15, 0.2) is 36.9 Å². The van der Waals surface area contributed by atoms with Gasteiger partial charge in [0.2, 0.25) is 5.91 Å².